The van der Waals surface area contributed by atoms with Crippen molar-refractivity contribution in [3.63, 3.8) is 0 Å². The van der Waals surface area contributed by atoms with Crippen LogP contribution in [0.25, 0.3) is 0 Å². The summed E-state index contributed by atoms with van der Waals surface area (Å²) >= 11 is 0. The molecule has 0 atom stereocenters. The molecule has 0 bridgehead atoms. The maximum atomic E-state index is 0. The molecule has 0 unspecified atom stereocenters. The molecule has 0 fully saturated rings. The Balaban J connectivity index is 0. The van der Waals surface area contributed by atoms with Gasteiger partial charge in [0.05, 0.1) is 0 Å². The Morgan fingerprint density at radius 2 is 0.750 bits per heavy atom. The summed E-state index contributed by atoms with van der Waals surface area (Å²) in [6.07, 6.45) is 0. The predicted octanol–water partition coefficient (Wildman–Crippen LogP) is -1.12. The fourth-order valence-corrected chi connectivity index (χ4v) is 0. The maximum Gasteiger partial charge on any atom is 3.00 e. The molecular formula is H2AlMgO2+3. The van der Waals surface area contributed by atoms with Crippen molar-refractivity contribution < 1.29 is 11.0 Å². The van der Waals surface area contributed by atoms with Crippen LogP contribution in [-0.4, -0.2) is 51.4 Å². The van der Waals surface area contributed by atoms with Crippen molar-refractivity contribution in [2.24, 2.45) is 0 Å². The molecule has 2 N–H and O–H groups in total. The number of hydrogen-bond acceptors (Lipinski definition) is 2. The van der Waals surface area contributed by atoms with Crippen LogP contribution in [0.15, 0.2) is 0 Å². The summed E-state index contributed by atoms with van der Waals surface area (Å²) < 4.78 is 0. The fourth-order valence-electron chi connectivity index (χ4n) is 0. The van der Waals surface area contributed by atoms with Gasteiger partial charge >= 0.3 is 40.4 Å². The third-order valence-corrected chi connectivity index (χ3v) is 0. The molecule has 0 heterocycles. The van der Waals surface area contributed by atoms with Gasteiger partial charge in [-0.1, -0.05) is 0 Å². The molecule has 0 amide bonds. The minimum absolute atomic E-state index is 0. The standard InChI is InChI=1S/Al.Mg.2H2O/h;;2*1H2/q+3;+2;;/p-2. The molecular weight excluding hydrogens is 83.3 g/mol. The van der Waals surface area contributed by atoms with Crippen LogP contribution in [0.5, 0.6) is 0 Å². The van der Waals surface area contributed by atoms with Crippen LogP contribution >= 0.6 is 0 Å². The molecule has 0 aliphatic rings. The summed E-state index contributed by atoms with van der Waals surface area (Å²) in [6, 6.07) is 0. The second-order valence-electron chi connectivity index (χ2n) is 0. The molecule has 0 aromatic carbocycles. The van der Waals surface area contributed by atoms with Gasteiger partial charge in [-0.25, -0.2) is 0 Å². The molecule has 4 heteroatoms. The summed E-state index contributed by atoms with van der Waals surface area (Å²) in [5, 5.41) is 0. The van der Waals surface area contributed by atoms with E-state index in [0.29, 0.717) is 0 Å². The van der Waals surface area contributed by atoms with Crippen molar-refractivity contribution in [3.8, 4) is 0 Å². The van der Waals surface area contributed by atoms with Crippen LogP contribution < -0.4 is 0 Å². The Labute approximate surface area is 51.5 Å². The summed E-state index contributed by atoms with van der Waals surface area (Å²) in [7, 11) is 0. The van der Waals surface area contributed by atoms with Gasteiger partial charge < -0.3 is 11.0 Å². The molecule has 2 nitrogen and oxygen atoms in total. The molecule has 0 saturated carbocycles. The second kappa shape index (κ2) is 29.4. The Bertz CT molecular complexity index is 6.00. The Kier molecular flexibility index (Phi) is 460. The first-order valence-electron chi connectivity index (χ1n) is 0. The van der Waals surface area contributed by atoms with E-state index >= 15 is 0 Å². The van der Waals surface area contributed by atoms with E-state index in [1.807, 2.05) is 0 Å². The maximum absolute atomic E-state index is 0. The number of rotatable bonds is 0. The van der Waals surface area contributed by atoms with Gasteiger partial charge in [-0.2, -0.15) is 0 Å². The monoisotopic (exact) mass is 85.0 g/mol. The Morgan fingerprint density at radius 3 is 0.750 bits per heavy atom. The third-order valence-electron chi connectivity index (χ3n) is 0. The second-order valence-corrected chi connectivity index (χ2v) is 0. The van der Waals surface area contributed by atoms with E-state index in [9.17, 15) is 0 Å². The van der Waals surface area contributed by atoms with Crippen LogP contribution in [0, 0.1) is 0 Å². The zero-order valence-corrected chi connectivity index (χ0v) is 4.75. The summed E-state index contributed by atoms with van der Waals surface area (Å²) in [5.74, 6) is 0. The SMILES string of the molecule is [Al+3].[Mg+2].[OH-].[OH-]. The van der Waals surface area contributed by atoms with E-state index in [1.165, 1.54) is 0 Å². The molecule has 0 aromatic heterocycles. The predicted molar refractivity (Wildman–Crippen MR) is 15.4 cm³/mol. The number of hydrogen-bond donors (Lipinski definition) is 0. The van der Waals surface area contributed by atoms with E-state index < -0.39 is 0 Å². The van der Waals surface area contributed by atoms with Crippen molar-refractivity contribution in [1.82, 2.24) is 0 Å². The van der Waals surface area contributed by atoms with Crippen LogP contribution in [0.4, 0.5) is 0 Å². The average molecular weight is 85.3 g/mol. The van der Waals surface area contributed by atoms with Gasteiger partial charge in [0.1, 0.15) is 0 Å². The van der Waals surface area contributed by atoms with Crippen molar-refractivity contribution in [2.45, 2.75) is 0 Å². The minimum Gasteiger partial charge on any atom is -0.870 e. The molecule has 0 aromatic rings. The zero-order valence-electron chi connectivity index (χ0n) is 2.18. The smallest absolute Gasteiger partial charge is 0.870 e. The van der Waals surface area contributed by atoms with Gasteiger partial charge in [0.15, 0.2) is 0 Å². The van der Waals surface area contributed by atoms with E-state index in [1.54, 1.807) is 0 Å². The average Bonchev–Trinajstić information content (AvgIpc) is 0. The molecule has 0 rings (SSSR count). The molecule has 16 valence electrons. The van der Waals surface area contributed by atoms with Crippen LogP contribution in [0.2, 0.25) is 0 Å². The van der Waals surface area contributed by atoms with Gasteiger partial charge in [-0.3, -0.25) is 0 Å². The fraction of sp³-hybridized carbons (Fsp3) is 0. The van der Waals surface area contributed by atoms with Gasteiger partial charge in [-0.15, -0.1) is 0 Å². The van der Waals surface area contributed by atoms with Crippen molar-refractivity contribution >= 4 is 40.4 Å². The summed E-state index contributed by atoms with van der Waals surface area (Å²) in [6.45, 7) is 0. The molecule has 4 heavy (non-hydrogen) atoms. The summed E-state index contributed by atoms with van der Waals surface area (Å²) in [5.41, 5.74) is 0. The Morgan fingerprint density at radius 1 is 0.750 bits per heavy atom. The normalized spacial score (nSPS) is 0. The van der Waals surface area contributed by atoms with Gasteiger partial charge in [0.25, 0.3) is 0 Å². The first kappa shape index (κ1) is 62.5. The van der Waals surface area contributed by atoms with Crippen molar-refractivity contribution in [2.75, 3.05) is 0 Å². The molecule has 0 aliphatic heterocycles. The van der Waals surface area contributed by atoms with Crippen molar-refractivity contribution in [1.29, 1.82) is 0 Å². The van der Waals surface area contributed by atoms with Gasteiger partial charge in [-0.05, 0) is 0 Å². The van der Waals surface area contributed by atoms with E-state index in [2.05, 4.69) is 0 Å². The molecule has 0 saturated heterocycles. The van der Waals surface area contributed by atoms with Crippen LogP contribution in [-0.2, 0) is 0 Å². The molecule has 0 aliphatic carbocycles. The van der Waals surface area contributed by atoms with Crippen LogP contribution in [0.1, 0.15) is 0 Å². The van der Waals surface area contributed by atoms with Gasteiger partial charge in [0.2, 0.25) is 0 Å². The quantitative estimate of drug-likeness (QED) is 0.350. The van der Waals surface area contributed by atoms with E-state index in [4.69, 9.17) is 0 Å². The molecule has 0 spiro atoms. The first-order valence-corrected chi connectivity index (χ1v) is 0. The van der Waals surface area contributed by atoms with Crippen LogP contribution in [0.3, 0.4) is 0 Å². The first-order chi connectivity index (χ1) is 0. The zero-order chi connectivity index (χ0) is 0. The van der Waals surface area contributed by atoms with E-state index in [0.717, 1.165) is 0 Å². The topological polar surface area (TPSA) is 60.0 Å². The Hall–Kier alpha value is 1.22. The van der Waals surface area contributed by atoms with Crippen molar-refractivity contribution in [3.05, 3.63) is 0 Å². The minimum atomic E-state index is 0. The van der Waals surface area contributed by atoms with E-state index in [-0.39, 0.29) is 51.4 Å². The molecule has 0 radical (unpaired) electrons. The largest absolute Gasteiger partial charge is 3.00 e. The van der Waals surface area contributed by atoms with Gasteiger partial charge in [0, 0.05) is 0 Å². The summed E-state index contributed by atoms with van der Waals surface area (Å²) in [4.78, 5) is 0. The third kappa shape index (κ3) is 10.7.